The number of rotatable bonds is 4. The maximum atomic E-state index is 5.97. The van der Waals surface area contributed by atoms with Crippen LogP contribution in [0.3, 0.4) is 0 Å². The van der Waals surface area contributed by atoms with Gasteiger partial charge in [-0.15, -0.1) is 0 Å². The normalized spacial score (nSPS) is 11.7. The molecule has 0 atom stereocenters. The Hall–Kier alpha value is -5.94. The lowest BCUT2D eigenvalue weighted by atomic mass is 9.91. The van der Waals surface area contributed by atoms with Gasteiger partial charge in [0.1, 0.15) is 5.52 Å². The molecule has 0 aliphatic carbocycles. The molecular formula is C38H22N4O. The van der Waals surface area contributed by atoms with E-state index < -0.39 is 0 Å². The number of benzene rings is 6. The number of hydrogen-bond acceptors (Lipinski definition) is 5. The standard InChI is InChI=1S/C38H22N4O/c1-2-7-23(8-3-1)32-22-33(29-18-16-26-15-14-24-9-4-10-25-17-19-30(29)35(26)34(24)25)41-36(40-32)27-11-5-12-28(21-27)37-42-31-13-6-20-39-38(31)43-37/h1-22H. The largest absolute Gasteiger partial charge is 0.418 e. The van der Waals surface area contributed by atoms with E-state index in [2.05, 4.69) is 82.8 Å². The SMILES string of the molecule is c1ccc(-c2cc(-c3ccc4ccc5cccc6ccc3c4c56)nc(-c3cccc(-c4nc5cccnc5o4)c3)n2)cc1. The van der Waals surface area contributed by atoms with E-state index in [0.717, 1.165) is 39.2 Å². The molecule has 0 aliphatic rings. The zero-order valence-electron chi connectivity index (χ0n) is 22.9. The van der Waals surface area contributed by atoms with Gasteiger partial charge >= 0.3 is 0 Å². The van der Waals surface area contributed by atoms with Crippen LogP contribution in [0.15, 0.2) is 138 Å². The first-order chi connectivity index (χ1) is 21.3. The molecule has 0 spiro atoms. The molecule has 0 saturated carbocycles. The average Bonchev–Trinajstić information content (AvgIpc) is 3.52. The Morgan fingerprint density at radius 2 is 1.21 bits per heavy atom. The van der Waals surface area contributed by atoms with Crippen LogP contribution >= 0.6 is 0 Å². The Bertz CT molecular complexity index is 2420. The second-order valence-corrected chi connectivity index (χ2v) is 10.7. The lowest BCUT2D eigenvalue weighted by Crippen LogP contribution is -1.97. The van der Waals surface area contributed by atoms with Crippen LogP contribution in [-0.4, -0.2) is 19.9 Å². The van der Waals surface area contributed by atoms with Gasteiger partial charge in [0.25, 0.3) is 0 Å². The summed E-state index contributed by atoms with van der Waals surface area (Å²) in [5, 5.41) is 7.44. The van der Waals surface area contributed by atoms with Gasteiger partial charge in [-0.2, -0.15) is 0 Å². The maximum Gasteiger partial charge on any atom is 0.247 e. The minimum absolute atomic E-state index is 0.515. The second kappa shape index (κ2) is 9.29. The highest BCUT2D eigenvalue weighted by Crippen LogP contribution is 2.40. The van der Waals surface area contributed by atoms with E-state index in [4.69, 9.17) is 14.4 Å². The molecule has 5 nitrogen and oxygen atoms in total. The quantitative estimate of drug-likeness (QED) is 0.204. The monoisotopic (exact) mass is 550 g/mol. The molecule has 200 valence electrons. The van der Waals surface area contributed by atoms with Crippen LogP contribution in [0.4, 0.5) is 0 Å². The van der Waals surface area contributed by atoms with Gasteiger partial charge in [-0.05, 0) is 62.6 Å². The Kier molecular flexibility index (Phi) is 5.13. The van der Waals surface area contributed by atoms with Crippen molar-refractivity contribution in [3.05, 3.63) is 134 Å². The van der Waals surface area contributed by atoms with Crippen LogP contribution in [0.25, 0.3) is 88.9 Å². The maximum absolute atomic E-state index is 5.97. The minimum atomic E-state index is 0.515. The Morgan fingerprint density at radius 3 is 2.07 bits per heavy atom. The predicted molar refractivity (Wildman–Crippen MR) is 173 cm³/mol. The summed E-state index contributed by atoms with van der Waals surface area (Å²) >= 11 is 0. The van der Waals surface area contributed by atoms with E-state index in [9.17, 15) is 0 Å². The number of pyridine rings is 1. The number of nitrogens with zero attached hydrogens (tertiary/aromatic N) is 4. The summed E-state index contributed by atoms with van der Waals surface area (Å²) in [4.78, 5) is 19.2. The molecule has 3 aromatic heterocycles. The average molecular weight is 551 g/mol. The van der Waals surface area contributed by atoms with E-state index in [-0.39, 0.29) is 0 Å². The van der Waals surface area contributed by atoms with Crippen LogP contribution in [-0.2, 0) is 0 Å². The fraction of sp³-hybridized carbons (Fsp3) is 0. The summed E-state index contributed by atoms with van der Waals surface area (Å²) in [5.41, 5.74) is 6.81. The van der Waals surface area contributed by atoms with Gasteiger partial charge in [0.2, 0.25) is 11.6 Å². The van der Waals surface area contributed by atoms with Crippen LogP contribution in [0, 0.1) is 0 Å². The highest BCUT2D eigenvalue weighted by molar-refractivity contribution is 6.25. The lowest BCUT2D eigenvalue weighted by molar-refractivity contribution is 0.608. The van der Waals surface area contributed by atoms with Gasteiger partial charge in [-0.1, -0.05) is 97.1 Å². The minimum Gasteiger partial charge on any atom is -0.418 e. The van der Waals surface area contributed by atoms with Gasteiger partial charge in [0, 0.05) is 28.5 Å². The molecule has 6 aromatic carbocycles. The van der Waals surface area contributed by atoms with Crippen LogP contribution in [0.1, 0.15) is 0 Å². The topological polar surface area (TPSA) is 64.7 Å². The third kappa shape index (κ3) is 3.86. The predicted octanol–water partition coefficient (Wildman–Crippen LogP) is 9.58. The van der Waals surface area contributed by atoms with Crippen molar-refractivity contribution in [1.29, 1.82) is 0 Å². The van der Waals surface area contributed by atoms with Crippen molar-refractivity contribution >= 4 is 43.5 Å². The number of aromatic nitrogens is 4. The van der Waals surface area contributed by atoms with E-state index in [1.165, 1.54) is 32.3 Å². The second-order valence-electron chi connectivity index (χ2n) is 10.7. The fourth-order valence-corrected chi connectivity index (χ4v) is 6.11. The highest BCUT2D eigenvalue weighted by atomic mass is 16.4. The Labute approximate surface area is 246 Å². The van der Waals surface area contributed by atoms with Gasteiger partial charge < -0.3 is 4.42 Å². The zero-order valence-corrected chi connectivity index (χ0v) is 22.9. The van der Waals surface area contributed by atoms with E-state index in [1.54, 1.807) is 6.20 Å². The molecule has 0 bridgehead atoms. The Balaban J connectivity index is 1.26. The first-order valence-corrected chi connectivity index (χ1v) is 14.2. The van der Waals surface area contributed by atoms with Gasteiger partial charge in [-0.3, -0.25) is 0 Å². The molecule has 3 heterocycles. The molecule has 0 amide bonds. The van der Waals surface area contributed by atoms with Crippen LogP contribution in [0.2, 0.25) is 0 Å². The first kappa shape index (κ1) is 23.7. The smallest absolute Gasteiger partial charge is 0.247 e. The molecule has 9 aromatic rings. The third-order valence-corrected chi connectivity index (χ3v) is 8.13. The Morgan fingerprint density at radius 1 is 0.488 bits per heavy atom. The summed E-state index contributed by atoms with van der Waals surface area (Å²) in [6.07, 6.45) is 1.71. The fourth-order valence-electron chi connectivity index (χ4n) is 6.11. The van der Waals surface area contributed by atoms with Gasteiger partial charge in [-0.25, -0.2) is 19.9 Å². The highest BCUT2D eigenvalue weighted by Gasteiger charge is 2.17. The molecule has 43 heavy (non-hydrogen) atoms. The van der Waals surface area contributed by atoms with E-state index in [0.29, 0.717) is 17.4 Å². The van der Waals surface area contributed by atoms with E-state index >= 15 is 0 Å². The van der Waals surface area contributed by atoms with Crippen molar-refractivity contribution in [2.24, 2.45) is 0 Å². The van der Waals surface area contributed by atoms with Gasteiger partial charge in [0.15, 0.2) is 5.82 Å². The molecule has 0 radical (unpaired) electrons. The summed E-state index contributed by atoms with van der Waals surface area (Å²) in [7, 11) is 0. The molecule has 5 heteroatoms. The molecule has 9 rings (SSSR count). The number of hydrogen-bond donors (Lipinski definition) is 0. The molecular weight excluding hydrogens is 528 g/mol. The third-order valence-electron chi connectivity index (χ3n) is 8.13. The van der Waals surface area contributed by atoms with Crippen molar-refractivity contribution < 1.29 is 4.42 Å². The molecule has 0 unspecified atom stereocenters. The summed E-state index contributed by atoms with van der Waals surface area (Å²) in [5.74, 6) is 1.15. The first-order valence-electron chi connectivity index (χ1n) is 14.2. The number of oxazole rings is 1. The van der Waals surface area contributed by atoms with Crippen molar-refractivity contribution in [3.63, 3.8) is 0 Å². The van der Waals surface area contributed by atoms with Crippen LogP contribution < -0.4 is 0 Å². The van der Waals surface area contributed by atoms with Gasteiger partial charge in [0.05, 0.1) is 11.4 Å². The summed E-state index contributed by atoms with van der Waals surface area (Å²) in [6, 6.07) is 43.9. The number of fused-ring (bicyclic) bond motifs is 1. The van der Waals surface area contributed by atoms with Crippen molar-refractivity contribution in [1.82, 2.24) is 19.9 Å². The molecule has 0 N–H and O–H groups in total. The summed E-state index contributed by atoms with van der Waals surface area (Å²) in [6.45, 7) is 0. The van der Waals surface area contributed by atoms with Crippen molar-refractivity contribution in [3.8, 4) is 45.4 Å². The van der Waals surface area contributed by atoms with Crippen molar-refractivity contribution in [2.45, 2.75) is 0 Å². The zero-order chi connectivity index (χ0) is 28.3. The molecule has 0 aliphatic heterocycles. The van der Waals surface area contributed by atoms with Crippen molar-refractivity contribution in [2.75, 3.05) is 0 Å². The molecule has 0 fully saturated rings. The van der Waals surface area contributed by atoms with E-state index in [1.807, 2.05) is 54.6 Å². The lowest BCUT2D eigenvalue weighted by Gasteiger charge is -2.15. The van der Waals surface area contributed by atoms with Crippen LogP contribution in [0.5, 0.6) is 0 Å². The summed E-state index contributed by atoms with van der Waals surface area (Å²) < 4.78 is 5.97. The molecule has 0 saturated heterocycles.